The van der Waals surface area contributed by atoms with Crippen LogP contribution < -0.4 is 5.32 Å². The first-order valence-electron chi connectivity index (χ1n) is 4.54. The summed E-state index contributed by atoms with van der Waals surface area (Å²) >= 11 is 0. The molecule has 0 unspecified atom stereocenters. The number of nitrogens with zero attached hydrogens (tertiary/aromatic N) is 3. The quantitative estimate of drug-likeness (QED) is 0.817. The highest BCUT2D eigenvalue weighted by Crippen LogP contribution is 2.05. The van der Waals surface area contributed by atoms with Crippen molar-refractivity contribution in [3.63, 3.8) is 0 Å². The van der Waals surface area contributed by atoms with Crippen LogP contribution in [0.15, 0.2) is 29.2 Å². The molecular weight excluding hydrogens is 196 g/mol. The minimum Gasteiger partial charge on any atom is -0.363 e. The van der Waals surface area contributed by atoms with Crippen molar-refractivity contribution in [3.05, 3.63) is 30.3 Å². The van der Waals surface area contributed by atoms with Gasteiger partial charge in [0, 0.05) is 18.8 Å². The molecule has 1 amide bonds. The second kappa shape index (κ2) is 3.95. The fraction of sp³-hybridized carbons (Fsp3) is 0.222. The Bertz CT molecular complexity index is 446. The topological polar surface area (TPSA) is 73.0 Å². The summed E-state index contributed by atoms with van der Waals surface area (Å²) in [7, 11) is 0. The van der Waals surface area contributed by atoms with Crippen LogP contribution in [0.1, 0.15) is 17.3 Å². The van der Waals surface area contributed by atoms with E-state index < -0.39 is 0 Å². The van der Waals surface area contributed by atoms with Crippen LogP contribution in [-0.4, -0.2) is 20.8 Å². The zero-order chi connectivity index (χ0) is 10.7. The van der Waals surface area contributed by atoms with Gasteiger partial charge in [-0.2, -0.15) is 5.10 Å². The summed E-state index contributed by atoms with van der Waals surface area (Å²) in [6.07, 6.45) is 4.58. The highest BCUT2D eigenvalue weighted by atomic mass is 16.5. The Morgan fingerprint density at radius 3 is 3.13 bits per heavy atom. The van der Waals surface area contributed by atoms with E-state index in [9.17, 15) is 4.79 Å². The molecule has 0 fully saturated rings. The Balaban J connectivity index is 2.08. The molecule has 0 spiro atoms. The van der Waals surface area contributed by atoms with Crippen LogP contribution in [-0.2, 0) is 6.54 Å². The third kappa shape index (κ3) is 2.04. The van der Waals surface area contributed by atoms with Gasteiger partial charge >= 0.3 is 0 Å². The van der Waals surface area contributed by atoms with Gasteiger partial charge in [0.15, 0.2) is 5.82 Å². The summed E-state index contributed by atoms with van der Waals surface area (Å²) in [5, 5.41) is 10.2. The van der Waals surface area contributed by atoms with Crippen LogP contribution in [0.5, 0.6) is 0 Å². The van der Waals surface area contributed by atoms with Crippen LogP contribution in [0.3, 0.4) is 0 Å². The number of carbonyl (C=O) groups excluding carboxylic acids is 1. The van der Waals surface area contributed by atoms with E-state index in [1.54, 1.807) is 16.9 Å². The molecular formula is C9H10N4O2. The minimum absolute atomic E-state index is 0.247. The van der Waals surface area contributed by atoms with Crippen molar-refractivity contribution >= 4 is 11.7 Å². The Morgan fingerprint density at radius 1 is 1.67 bits per heavy atom. The number of rotatable bonds is 3. The number of anilines is 1. The molecule has 0 radical (unpaired) electrons. The van der Waals surface area contributed by atoms with E-state index in [-0.39, 0.29) is 5.91 Å². The maximum atomic E-state index is 11.6. The molecule has 2 aromatic heterocycles. The lowest BCUT2D eigenvalue weighted by atomic mass is 10.3. The zero-order valence-corrected chi connectivity index (χ0v) is 8.17. The van der Waals surface area contributed by atoms with Gasteiger partial charge in [0.05, 0.1) is 11.8 Å². The molecule has 2 rings (SSSR count). The van der Waals surface area contributed by atoms with Crippen molar-refractivity contribution < 1.29 is 9.32 Å². The number of carbonyl (C=O) groups is 1. The summed E-state index contributed by atoms with van der Waals surface area (Å²) in [6.45, 7) is 2.68. The van der Waals surface area contributed by atoms with Crippen molar-refractivity contribution in [2.24, 2.45) is 0 Å². The summed E-state index contributed by atoms with van der Waals surface area (Å²) in [6, 6.07) is 1.57. The molecule has 0 bridgehead atoms. The Morgan fingerprint density at radius 2 is 2.53 bits per heavy atom. The highest BCUT2D eigenvalue weighted by Gasteiger charge is 2.09. The number of nitrogens with one attached hydrogen (secondary N) is 1. The van der Waals surface area contributed by atoms with E-state index in [4.69, 9.17) is 0 Å². The molecule has 0 aliphatic rings. The van der Waals surface area contributed by atoms with Crippen molar-refractivity contribution in [3.8, 4) is 0 Å². The molecule has 2 heterocycles. The standard InChI is InChI=1S/C9H10N4O2/c1-2-13-6-7(5-10-13)9(14)11-8-3-4-15-12-8/h3-6H,2H2,1H3,(H,11,12,14). The van der Waals surface area contributed by atoms with Crippen molar-refractivity contribution in [2.45, 2.75) is 13.5 Å². The number of amides is 1. The van der Waals surface area contributed by atoms with E-state index in [2.05, 4.69) is 20.1 Å². The molecule has 6 nitrogen and oxygen atoms in total. The molecule has 6 heteroatoms. The third-order valence-electron chi connectivity index (χ3n) is 1.90. The molecule has 0 saturated heterocycles. The normalized spacial score (nSPS) is 10.2. The van der Waals surface area contributed by atoms with E-state index in [1.807, 2.05) is 6.92 Å². The SMILES string of the molecule is CCn1cc(C(=O)Nc2ccon2)cn1. The van der Waals surface area contributed by atoms with Crippen LogP contribution >= 0.6 is 0 Å². The van der Waals surface area contributed by atoms with E-state index in [0.717, 1.165) is 6.54 Å². The van der Waals surface area contributed by atoms with Crippen LogP contribution in [0.4, 0.5) is 5.82 Å². The molecule has 78 valence electrons. The Kier molecular flexibility index (Phi) is 2.49. The third-order valence-corrected chi connectivity index (χ3v) is 1.90. The lowest BCUT2D eigenvalue weighted by Gasteiger charge is -1.96. The maximum Gasteiger partial charge on any atom is 0.260 e. The first kappa shape index (κ1) is 9.45. The van der Waals surface area contributed by atoms with Crippen LogP contribution in [0.25, 0.3) is 0 Å². The molecule has 0 aliphatic heterocycles. The fourth-order valence-corrected chi connectivity index (χ4v) is 1.12. The van der Waals surface area contributed by atoms with Crippen LogP contribution in [0, 0.1) is 0 Å². The van der Waals surface area contributed by atoms with Gasteiger partial charge in [-0.05, 0) is 6.92 Å². The molecule has 1 N–H and O–H groups in total. The van der Waals surface area contributed by atoms with E-state index >= 15 is 0 Å². The largest absolute Gasteiger partial charge is 0.363 e. The van der Waals surface area contributed by atoms with Crippen molar-refractivity contribution in [1.82, 2.24) is 14.9 Å². The summed E-state index contributed by atoms with van der Waals surface area (Å²) in [5.41, 5.74) is 0.500. The predicted octanol–water partition coefficient (Wildman–Crippen LogP) is 1.14. The number of hydrogen-bond donors (Lipinski definition) is 1. The fourth-order valence-electron chi connectivity index (χ4n) is 1.12. The first-order valence-corrected chi connectivity index (χ1v) is 4.54. The van der Waals surface area contributed by atoms with Crippen LogP contribution in [0.2, 0.25) is 0 Å². The second-order valence-electron chi connectivity index (χ2n) is 2.92. The molecule has 0 atom stereocenters. The zero-order valence-electron chi connectivity index (χ0n) is 8.17. The molecule has 15 heavy (non-hydrogen) atoms. The summed E-state index contributed by atoms with van der Waals surface area (Å²) in [4.78, 5) is 11.6. The number of aromatic nitrogens is 3. The van der Waals surface area contributed by atoms with Gasteiger partial charge in [-0.15, -0.1) is 0 Å². The summed E-state index contributed by atoms with van der Waals surface area (Å²) in [5.74, 6) is 0.146. The lowest BCUT2D eigenvalue weighted by Crippen LogP contribution is -2.11. The average molecular weight is 206 g/mol. The average Bonchev–Trinajstić information content (AvgIpc) is 2.86. The van der Waals surface area contributed by atoms with Gasteiger partial charge in [0.2, 0.25) is 0 Å². The molecule has 0 aromatic carbocycles. The monoisotopic (exact) mass is 206 g/mol. The van der Waals surface area contributed by atoms with Gasteiger partial charge in [0.1, 0.15) is 6.26 Å². The number of aryl methyl sites for hydroxylation is 1. The van der Waals surface area contributed by atoms with Crippen molar-refractivity contribution in [2.75, 3.05) is 5.32 Å². The predicted molar refractivity (Wildman–Crippen MR) is 52.4 cm³/mol. The summed E-state index contributed by atoms with van der Waals surface area (Å²) < 4.78 is 6.27. The Hall–Kier alpha value is -2.11. The van der Waals surface area contributed by atoms with Crippen molar-refractivity contribution in [1.29, 1.82) is 0 Å². The van der Waals surface area contributed by atoms with Gasteiger partial charge in [-0.25, -0.2) is 0 Å². The van der Waals surface area contributed by atoms with E-state index in [1.165, 1.54) is 12.5 Å². The highest BCUT2D eigenvalue weighted by molar-refractivity contribution is 6.03. The smallest absolute Gasteiger partial charge is 0.260 e. The van der Waals surface area contributed by atoms with E-state index in [0.29, 0.717) is 11.4 Å². The maximum absolute atomic E-state index is 11.6. The molecule has 0 aliphatic carbocycles. The second-order valence-corrected chi connectivity index (χ2v) is 2.92. The molecule has 0 saturated carbocycles. The lowest BCUT2D eigenvalue weighted by molar-refractivity contribution is 0.102. The Labute approximate surface area is 85.9 Å². The van der Waals surface area contributed by atoms with Gasteiger partial charge < -0.3 is 9.84 Å². The number of hydrogen-bond acceptors (Lipinski definition) is 4. The van der Waals surface area contributed by atoms with Gasteiger partial charge in [-0.3, -0.25) is 9.48 Å². The first-order chi connectivity index (χ1) is 7.29. The minimum atomic E-state index is -0.247. The molecule has 2 aromatic rings. The van der Waals surface area contributed by atoms with Gasteiger partial charge in [-0.1, -0.05) is 5.16 Å². The van der Waals surface area contributed by atoms with Gasteiger partial charge in [0.25, 0.3) is 5.91 Å².